The zero-order chi connectivity index (χ0) is 17.0. The van der Waals surface area contributed by atoms with Gasteiger partial charge in [0.2, 0.25) is 10.0 Å². The number of esters is 1. The second kappa shape index (κ2) is 7.07. The van der Waals surface area contributed by atoms with Crippen molar-refractivity contribution in [1.29, 1.82) is 0 Å². The molecule has 0 saturated carbocycles. The predicted octanol–water partition coefficient (Wildman–Crippen LogP) is 0.383. The number of hydrogen-bond donors (Lipinski definition) is 2. The predicted molar refractivity (Wildman–Crippen MR) is 81.0 cm³/mol. The largest absolute Gasteiger partial charge is 0.451 e. The zero-order valence-electron chi connectivity index (χ0n) is 12.5. The molecular weight excluding hydrogens is 324 g/mol. The summed E-state index contributed by atoms with van der Waals surface area (Å²) >= 11 is 0. The third kappa shape index (κ3) is 4.75. The molecule has 3 N–H and O–H groups in total. The lowest BCUT2D eigenvalue weighted by Crippen LogP contribution is -2.34. The van der Waals surface area contributed by atoms with Gasteiger partial charge in [-0.05, 0) is 44.0 Å². The van der Waals surface area contributed by atoms with Crippen molar-refractivity contribution in [3.8, 4) is 0 Å². The number of amides is 1. The molecule has 1 saturated heterocycles. The first kappa shape index (κ1) is 17.4. The van der Waals surface area contributed by atoms with Gasteiger partial charge in [-0.15, -0.1) is 0 Å². The van der Waals surface area contributed by atoms with E-state index in [0.29, 0.717) is 18.7 Å². The van der Waals surface area contributed by atoms with Crippen molar-refractivity contribution in [2.24, 2.45) is 5.14 Å². The molecule has 1 amide bonds. The van der Waals surface area contributed by atoms with Crippen molar-refractivity contribution in [1.82, 2.24) is 0 Å². The Morgan fingerprint density at radius 2 is 2.00 bits per heavy atom. The number of carbonyl (C=O) groups is 2. The number of sulfonamides is 1. The number of benzene rings is 1. The van der Waals surface area contributed by atoms with Gasteiger partial charge in [0.05, 0.1) is 4.90 Å². The molecule has 0 aromatic heterocycles. The quantitative estimate of drug-likeness (QED) is 0.746. The van der Waals surface area contributed by atoms with Crippen molar-refractivity contribution in [2.75, 3.05) is 11.9 Å². The summed E-state index contributed by atoms with van der Waals surface area (Å²) < 4.78 is 32.5. The van der Waals surface area contributed by atoms with E-state index < -0.39 is 34.1 Å². The number of hydrogen-bond acceptors (Lipinski definition) is 6. The Bertz CT molecular complexity index is 680. The van der Waals surface area contributed by atoms with Crippen molar-refractivity contribution in [3.63, 3.8) is 0 Å². The molecule has 0 bridgehead atoms. The van der Waals surface area contributed by atoms with Crippen LogP contribution in [0.15, 0.2) is 29.2 Å². The second-order valence-corrected chi connectivity index (χ2v) is 6.70. The topological polar surface area (TPSA) is 125 Å². The Morgan fingerprint density at radius 3 is 2.52 bits per heavy atom. The van der Waals surface area contributed by atoms with Gasteiger partial charge in [-0.2, -0.15) is 0 Å². The number of primary sulfonamides is 1. The average Bonchev–Trinajstić information content (AvgIpc) is 3.01. The van der Waals surface area contributed by atoms with E-state index in [-0.39, 0.29) is 4.90 Å². The van der Waals surface area contributed by atoms with E-state index in [9.17, 15) is 18.0 Å². The summed E-state index contributed by atoms with van der Waals surface area (Å²) in [6, 6.07) is 5.33. The fourth-order valence-corrected chi connectivity index (χ4v) is 2.55. The molecule has 2 atom stereocenters. The SMILES string of the molecule is C[C@H](OC(=O)[C@@H]1CCCO1)C(=O)Nc1ccc(S(N)(=O)=O)cc1. The fraction of sp³-hybridized carbons (Fsp3) is 0.429. The number of anilines is 1. The van der Waals surface area contributed by atoms with Crippen molar-refractivity contribution in [2.45, 2.75) is 36.9 Å². The Hall–Kier alpha value is -1.97. The molecule has 0 unspecified atom stereocenters. The number of rotatable bonds is 5. The van der Waals surface area contributed by atoms with E-state index in [4.69, 9.17) is 14.6 Å². The minimum absolute atomic E-state index is 0.0617. The van der Waals surface area contributed by atoms with E-state index in [2.05, 4.69) is 5.32 Å². The van der Waals surface area contributed by atoms with Gasteiger partial charge in [0.1, 0.15) is 0 Å². The number of ether oxygens (including phenoxy) is 2. The standard InChI is InChI=1S/C14H18N2O6S/c1-9(22-14(18)12-3-2-8-21-12)13(17)16-10-4-6-11(7-5-10)23(15,19)20/h4-7,9,12H,2-3,8H2,1H3,(H,16,17)(H2,15,19,20)/t9-,12-/m0/s1. The normalized spacial score (nSPS) is 19.1. The minimum atomic E-state index is -3.79. The Kier molecular flexibility index (Phi) is 5.34. The molecule has 2 rings (SSSR count). The maximum absolute atomic E-state index is 12.0. The van der Waals surface area contributed by atoms with Gasteiger partial charge in [0.25, 0.3) is 5.91 Å². The van der Waals surface area contributed by atoms with Crippen LogP contribution in [-0.2, 0) is 29.1 Å². The van der Waals surface area contributed by atoms with Gasteiger partial charge in [0, 0.05) is 12.3 Å². The summed E-state index contributed by atoms with van der Waals surface area (Å²) in [4.78, 5) is 23.7. The van der Waals surface area contributed by atoms with E-state index in [1.165, 1.54) is 31.2 Å². The molecule has 0 radical (unpaired) electrons. The summed E-state index contributed by atoms with van der Waals surface area (Å²) in [5, 5.41) is 7.51. The van der Waals surface area contributed by atoms with Crippen LogP contribution in [0.4, 0.5) is 5.69 Å². The van der Waals surface area contributed by atoms with Gasteiger partial charge in [0.15, 0.2) is 12.2 Å². The van der Waals surface area contributed by atoms with Crippen LogP contribution in [0.2, 0.25) is 0 Å². The maximum atomic E-state index is 12.0. The molecule has 23 heavy (non-hydrogen) atoms. The highest BCUT2D eigenvalue weighted by Gasteiger charge is 2.28. The second-order valence-electron chi connectivity index (χ2n) is 5.14. The molecule has 1 aromatic carbocycles. The zero-order valence-corrected chi connectivity index (χ0v) is 13.3. The number of nitrogens with one attached hydrogen (secondary N) is 1. The van der Waals surface area contributed by atoms with Crippen LogP contribution in [0.5, 0.6) is 0 Å². The molecule has 9 heteroatoms. The van der Waals surface area contributed by atoms with Crippen molar-refractivity contribution < 1.29 is 27.5 Å². The van der Waals surface area contributed by atoms with Crippen LogP contribution in [0, 0.1) is 0 Å². The molecule has 0 spiro atoms. The van der Waals surface area contributed by atoms with Gasteiger partial charge >= 0.3 is 5.97 Å². The first-order valence-electron chi connectivity index (χ1n) is 7.03. The molecule has 1 aromatic rings. The summed E-state index contributed by atoms with van der Waals surface area (Å²) in [5.74, 6) is -1.09. The van der Waals surface area contributed by atoms with Crippen LogP contribution in [0.3, 0.4) is 0 Å². The molecule has 1 aliphatic rings. The van der Waals surface area contributed by atoms with E-state index in [1.807, 2.05) is 0 Å². The summed E-state index contributed by atoms with van der Waals surface area (Å²) in [6.07, 6.45) is -0.234. The van der Waals surface area contributed by atoms with Gasteiger partial charge in [-0.25, -0.2) is 18.4 Å². The lowest BCUT2D eigenvalue weighted by Gasteiger charge is -2.16. The highest BCUT2D eigenvalue weighted by molar-refractivity contribution is 7.89. The summed E-state index contributed by atoms with van der Waals surface area (Å²) in [7, 11) is -3.79. The van der Waals surface area contributed by atoms with Crippen molar-refractivity contribution >= 4 is 27.6 Å². The van der Waals surface area contributed by atoms with E-state index in [1.54, 1.807) is 0 Å². The molecule has 8 nitrogen and oxygen atoms in total. The average molecular weight is 342 g/mol. The third-order valence-electron chi connectivity index (χ3n) is 3.31. The molecule has 1 aliphatic heterocycles. The molecular formula is C14H18N2O6S. The van der Waals surface area contributed by atoms with Gasteiger partial charge in [-0.3, -0.25) is 4.79 Å². The van der Waals surface area contributed by atoms with Crippen LogP contribution >= 0.6 is 0 Å². The van der Waals surface area contributed by atoms with Crippen LogP contribution in [0.25, 0.3) is 0 Å². The smallest absolute Gasteiger partial charge is 0.336 e. The van der Waals surface area contributed by atoms with Gasteiger partial charge in [-0.1, -0.05) is 0 Å². The maximum Gasteiger partial charge on any atom is 0.336 e. The summed E-state index contributed by atoms with van der Waals surface area (Å²) in [5.41, 5.74) is 0.363. The minimum Gasteiger partial charge on any atom is -0.451 e. The van der Waals surface area contributed by atoms with Crippen LogP contribution < -0.4 is 10.5 Å². The number of carbonyl (C=O) groups excluding carboxylic acids is 2. The molecule has 126 valence electrons. The first-order valence-corrected chi connectivity index (χ1v) is 8.58. The molecule has 1 fully saturated rings. The fourth-order valence-electron chi connectivity index (χ4n) is 2.04. The monoisotopic (exact) mass is 342 g/mol. The lowest BCUT2D eigenvalue weighted by atomic mass is 10.2. The van der Waals surface area contributed by atoms with Crippen molar-refractivity contribution in [3.05, 3.63) is 24.3 Å². The van der Waals surface area contributed by atoms with Gasteiger partial charge < -0.3 is 14.8 Å². The Morgan fingerprint density at radius 1 is 1.35 bits per heavy atom. The first-order chi connectivity index (χ1) is 10.8. The highest BCUT2D eigenvalue weighted by atomic mass is 32.2. The Labute approximate surface area is 134 Å². The molecule has 0 aliphatic carbocycles. The molecule has 1 heterocycles. The number of nitrogens with two attached hydrogens (primary N) is 1. The Balaban J connectivity index is 1.91. The third-order valence-corrected chi connectivity index (χ3v) is 4.23. The van der Waals surface area contributed by atoms with Crippen LogP contribution in [0.1, 0.15) is 19.8 Å². The lowest BCUT2D eigenvalue weighted by molar-refractivity contribution is -0.162. The van der Waals surface area contributed by atoms with Crippen LogP contribution in [-0.4, -0.2) is 39.1 Å². The van der Waals surface area contributed by atoms with E-state index in [0.717, 1.165) is 6.42 Å². The summed E-state index contributed by atoms with van der Waals surface area (Å²) in [6.45, 7) is 1.96. The van der Waals surface area contributed by atoms with E-state index >= 15 is 0 Å². The highest BCUT2D eigenvalue weighted by Crippen LogP contribution is 2.16.